The predicted molar refractivity (Wildman–Crippen MR) is 120 cm³/mol. The van der Waals surface area contributed by atoms with Crippen LogP contribution in [0.3, 0.4) is 0 Å². The van der Waals surface area contributed by atoms with Gasteiger partial charge in [0, 0.05) is 12.1 Å². The number of ether oxygens (including phenoxy) is 2. The molecule has 0 bridgehead atoms. The molecule has 2 aromatic rings. The van der Waals surface area contributed by atoms with Gasteiger partial charge in [0.1, 0.15) is 11.5 Å². The van der Waals surface area contributed by atoms with E-state index < -0.39 is 0 Å². The van der Waals surface area contributed by atoms with E-state index in [1.807, 2.05) is 36.4 Å². The molecule has 0 unspecified atom stereocenters. The Morgan fingerprint density at radius 3 is 2.20 bits per heavy atom. The van der Waals surface area contributed by atoms with E-state index in [1.165, 1.54) is 31.2 Å². The quantitative estimate of drug-likeness (QED) is 0.643. The summed E-state index contributed by atoms with van der Waals surface area (Å²) in [5.74, 6) is 1.60. The maximum Gasteiger partial charge on any atom is 0.251 e. The highest BCUT2D eigenvalue weighted by Crippen LogP contribution is 2.26. The van der Waals surface area contributed by atoms with Crippen LogP contribution < -0.4 is 14.8 Å². The van der Waals surface area contributed by atoms with E-state index in [2.05, 4.69) is 29.3 Å². The number of benzene rings is 2. The van der Waals surface area contributed by atoms with Crippen LogP contribution in [-0.4, -0.2) is 44.2 Å². The molecule has 1 aliphatic heterocycles. The normalized spacial score (nSPS) is 15.8. The van der Waals surface area contributed by atoms with Crippen molar-refractivity contribution >= 4 is 5.91 Å². The fourth-order valence-electron chi connectivity index (χ4n) is 3.90. The SMILES string of the molecule is CCCOc1ccc(C(=O)NC[C@@H](c2ccc(OC)cc2)N2CCCCCC2)cc1. The molecule has 1 atom stereocenters. The summed E-state index contributed by atoms with van der Waals surface area (Å²) in [4.78, 5) is 15.3. The van der Waals surface area contributed by atoms with Gasteiger partial charge in [0.15, 0.2) is 0 Å². The van der Waals surface area contributed by atoms with Gasteiger partial charge < -0.3 is 14.8 Å². The second kappa shape index (κ2) is 11.6. The maximum atomic E-state index is 12.8. The lowest BCUT2D eigenvalue weighted by Crippen LogP contribution is -2.38. The van der Waals surface area contributed by atoms with Crippen molar-refractivity contribution in [1.82, 2.24) is 10.2 Å². The fraction of sp³-hybridized carbons (Fsp3) is 0.480. The molecule has 0 saturated carbocycles. The van der Waals surface area contributed by atoms with Crippen molar-refractivity contribution < 1.29 is 14.3 Å². The molecule has 0 radical (unpaired) electrons. The van der Waals surface area contributed by atoms with E-state index in [-0.39, 0.29) is 11.9 Å². The van der Waals surface area contributed by atoms with Crippen LogP contribution in [0.2, 0.25) is 0 Å². The molecular weight excluding hydrogens is 376 g/mol. The Morgan fingerprint density at radius 1 is 0.967 bits per heavy atom. The number of hydrogen-bond donors (Lipinski definition) is 1. The van der Waals surface area contributed by atoms with E-state index in [9.17, 15) is 4.79 Å². The first kappa shape index (κ1) is 22.2. The van der Waals surface area contributed by atoms with E-state index >= 15 is 0 Å². The minimum atomic E-state index is -0.0506. The maximum absolute atomic E-state index is 12.8. The topological polar surface area (TPSA) is 50.8 Å². The Kier molecular flexibility index (Phi) is 8.57. The molecule has 5 nitrogen and oxygen atoms in total. The third kappa shape index (κ3) is 6.23. The average Bonchev–Trinajstić information content (AvgIpc) is 3.08. The number of methoxy groups -OCH3 is 1. The number of nitrogens with zero attached hydrogens (tertiary/aromatic N) is 1. The van der Waals surface area contributed by atoms with Gasteiger partial charge in [-0.05, 0) is 74.3 Å². The number of hydrogen-bond acceptors (Lipinski definition) is 4. The standard InChI is InChI=1S/C25H34N2O3/c1-3-18-30-23-14-10-21(11-15-23)25(28)26-19-24(27-16-6-4-5-7-17-27)20-8-12-22(29-2)13-9-20/h8-15,24H,3-7,16-19H2,1-2H3,(H,26,28)/t24-/m0/s1. The van der Waals surface area contributed by atoms with Gasteiger partial charge in [-0.2, -0.15) is 0 Å². The zero-order valence-electron chi connectivity index (χ0n) is 18.2. The van der Waals surface area contributed by atoms with Crippen molar-refractivity contribution in [3.8, 4) is 11.5 Å². The van der Waals surface area contributed by atoms with Gasteiger partial charge in [-0.15, -0.1) is 0 Å². The average molecular weight is 411 g/mol. The zero-order chi connectivity index (χ0) is 21.2. The van der Waals surface area contributed by atoms with E-state index in [0.29, 0.717) is 18.7 Å². The van der Waals surface area contributed by atoms with Gasteiger partial charge >= 0.3 is 0 Å². The van der Waals surface area contributed by atoms with Crippen LogP contribution in [0.1, 0.15) is 61.0 Å². The monoisotopic (exact) mass is 410 g/mol. The number of carbonyl (C=O) groups excluding carboxylic acids is 1. The van der Waals surface area contributed by atoms with Gasteiger partial charge in [0.25, 0.3) is 5.91 Å². The van der Waals surface area contributed by atoms with Crippen LogP contribution in [0.25, 0.3) is 0 Å². The summed E-state index contributed by atoms with van der Waals surface area (Å²) in [5.41, 5.74) is 1.87. The van der Waals surface area contributed by atoms with Crippen LogP contribution in [-0.2, 0) is 0 Å². The highest BCUT2D eigenvalue weighted by molar-refractivity contribution is 5.94. The van der Waals surface area contributed by atoms with Crippen molar-refractivity contribution in [3.05, 3.63) is 59.7 Å². The smallest absolute Gasteiger partial charge is 0.251 e. The van der Waals surface area contributed by atoms with Gasteiger partial charge in [-0.25, -0.2) is 0 Å². The Balaban J connectivity index is 1.68. The minimum Gasteiger partial charge on any atom is -0.497 e. The third-order valence-electron chi connectivity index (χ3n) is 5.63. The molecule has 3 rings (SSSR count). The molecule has 1 aliphatic rings. The number of nitrogens with one attached hydrogen (secondary N) is 1. The molecule has 5 heteroatoms. The van der Waals surface area contributed by atoms with Crippen LogP contribution in [0.4, 0.5) is 0 Å². The Bertz CT molecular complexity index is 766. The molecule has 1 fully saturated rings. The van der Waals surface area contributed by atoms with Gasteiger partial charge in [-0.1, -0.05) is 31.9 Å². The first-order valence-electron chi connectivity index (χ1n) is 11.1. The van der Waals surface area contributed by atoms with Crippen LogP contribution in [0.15, 0.2) is 48.5 Å². The van der Waals surface area contributed by atoms with E-state index in [1.54, 1.807) is 7.11 Å². The lowest BCUT2D eigenvalue weighted by Gasteiger charge is -2.31. The Labute approximate surface area is 180 Å². The van der Waals surface area contributed by atoms with Crippen LogP contribution in [0.5, 0.6) is 11.5 Å². The largest absolute Gasteiger partial charge is 0.497 e. The number of carbonyl (C=O) groups is 1. The van der Waals surface area contributed by atoms with Gasteiger partial charge in [-0.3, -0.25) is 9.69 Å². The first-order valence-corrected chi connectivity index (χ1v) is 11.1. The van der Waals surface area contributed by atoms with Gasteiger partial charge in [0.2, 0.25) is 0 Å². The summed E-state index contributed by atoms with van der Waals surface area (Å²) in [7, 11) is 1.68. The van der Waals surface area contributed by atoms with Crippen molar-refractivity contribution in [2.24, 2.45) is 0 Å². The molecule has 162 valence electrons. The second-order valence-electron chi connectivity index (χ2n) is 7.82. The predicted octanol–water partition coefficient (Wildman–Crippen LogP) is 4.83. The molecule has 30 heavy (non-hydrogen) atoms. The summed E-state index contributed by atoms with van der Waals surface area (Å²) in [6, 6.07) is 15.8. The summed E-state index contributed by atoms with van der Waals surface area (Å²) in [6.07, 6.45) is 5.94. The summed E-state index contributed by atoms with van der Waals surface area (Å²) in [6.45, 7) is 5.47. The first-order chi connectivity index (χ1) is 14.7. The molecule has 0 spiro atoms. The zero-order valence-corrected chi connectivity index (χ0v) is 18.2. The highest BCUT2D eigenvalue weighted by Gasteiger charge is 2.22. The van der Waals surface area contributed by atoms with Crippen LogP contribution in [0, 0.1) is 0 Å². The molecule has 1 heterocycles. The molecule has 1 saturated heterocycles. The molecule has 0 aromatic heterocycles. The van der Waals surface area contributed by atoms with E-state index in [4.69, 9.17) is 9.47 Å². The molecular formula is C25H34N2O3. The van der Waals surface area contributed by atoms with Crippen molar-refractivity contribution in [1.29, 1.82) is 0 Å². The molecule has 1 N–H and O–H groups in total. The minimum absolute atomic E-state index is 0.0506. The lowest BCUT2D eigenvalue weighted by atomic mass is 10.0. The number of likely N-dealkylation sites (tertiary alicyclic amines) is 1. The fourth-order valence-corrected chi connectivity index (χ4v) is 3.90. The Hall–Kier alpha value is -2.53. The van der Waals surface area contributed by atoms with Crippen molar-refractivity contribution in [2.45, 2.75) is 45.1 Å². The lowest BCUT2D eigenvalue weighted by molar-refractivity contribution is 0.0933. The van der Waals surface area contributed by atoms with E-state index in [0.717, 1.165) is 31.0 Å². The highest BCUT2D eigenvalue weighted by atomic mass is 16.5. The summed E-state index contributed by atoms with van der Waals surface area (Å²) >= 11 is 0. The molecule has 1 amide bonds. The molecule has 0 aliphatic carbocycles. The molecule has 2 aromatic carbocycles. The number of rotatable bonds is 9. The Morgan fingerprint density at radius 2 is 1.60 bits per heavy atom. The summed E-state index contributed by atoms with van der Waals surface area (Å²) in [5, 5.41) is 3.15. The third-order valence-corrected chi connectivity index (χ3v) is 5.63. The summed E-state index contributed by atoms with van der Waals surface area (Å²) < 4.78 is 10.9. The van der Waals surface area contributed by atoms with Crippen molar-refractivity contribution in [3.63, 3.8) is 0 Å². The van der Waals surface area contributed by atoms with Crippen molar-refractivity contribution in [2.75, 3.05) is 33.4 Å². The van der Waals surface area contributed by atoms with Crippen LogP contribution >= 0.6 is 0 Å². The number of amides is 1. The van der Waals surface area contributed by atoms with Gasteiger partial charge in [0.05, 0.1) is 19.8 Å². The second-order valence-corrected chi connectivity index (χ2v) is 7.82.